The van der Waals surface area contributed by atoms with Crippen LogP contribution in [-0.2, 0) is 6.54 Å². The summed E-state index contributed by atoms with van der Waals surface area (Å²) in [6.45, 7) is 5.19. The summed E-state index contributed by atoms with van der Waals surface area (Å²) in [4.78, 5) is 9.06. The lowest BCUT2D eigenvalue weighted by Gasteiger charge is -2.24. The van der Waals surface area contributed by atoms with Crippen LogP contribution in [0, 0.1) is 0 Å². The van der Waals surface area contributed by atoms with Gasteiger partial charge in [0.1, 0.15) is 5.52 Å². The molecular weight excluding hydrogens is 226 g/mol. The minimum atomic E-state index is 0.522. The predicted molar refractivity (Wildman–Crippen MR) is 72.7 cm³/mol. The van der Waals surface area contributed by atoms with Crippen LogP contribution in [0.1, 0.15) is 19.8 Å². The summed E-state index contributed by atoms with van der Waals surface area (Å²) in [5.74, 6) is 0.957. The summed E-state index contributed by atoms with van der Waals surface area (Å²) in [7, 11) is 0. The van der Waals surface area contributed by atoms with Crippen molar-refractivity contribution in [1.82, 2.24) is 19.9 Å². The van der Waals surface area contributed by atoms with Gasteiger partial charge in [-0.15, -0.1) is 0 Å². The molecule has 0 saturated carbocycles. The maximum atomic E-state index is 4.65. The predicted octanol–water partition coefficient (Wildman–Crippen LogP) is 1.62. The lowest BCUT2D eigenvalue weighted by molar-refractivity contribution is 0.475. The normalized spacial score (nSPS) is 17.2. The molecule has 1 saturated heterocycles. The molecule has 3 heterocycles. The highest BCUT2D eigenvalue weighted by Crippen LogP contribution is 2.19. The summed E-state index contributed by atoms with van der Waals surface area (Å²) >= 11 is 0. The molecule has 0 spiro atoms. The first-order valence-corrected chi connectivity index (χ1v) is 6.67. The first kappa shape index (κ1) is 11.5. The van der Waals surface area contributed by atoms with Crippen molar-refractivity contribution in [3.8, 4) is 0 Å². The third-order valence-corrected chi connectivity index (χ3v) is 3.49. The Morgan fingerprint density at radius 2 is 2.28 bits per heavy atom. The smallest absolute Gasteiger partial charge is 0.205 e. The lowest BCUT2D eigenvalue weighted by atomic mass is 10.1. The van der Waals surface area contributed by atoms with Crippen LogP contribution in [-0.4, -0.2) is 33.7 Å². The van der Waals surface area contributed by atoms with Gasteiger partial charge < -0.3 is 10.6 Å². The maximum Gasteiger partial charge on any atom is 0.205 e. The molecule has 3 rings (SSSR count). The molecule has 0 aliphatic carbocycles. The van der Waals surface area contributed by atoms with Gasteiger partial charge >= 0.3 is 0 Å². The van der Waals surface area contributed by atoms with E-state index >= 15 is 0 Å². The van der Waals surface area contributed by atoms with Gasteiger partial charge in [-0.1, -0.05) is 0 Å². The second-order valence-electron chi connectivity index (χ2n) is 4.69. The topological polar surface area (TPSA) is 54.8 Å². The monoisotopic (exact) mass is 245 g/mol. The molecule has 0 atom stereocenters. The van der Waals surface area contributed by atoms with Crippen molar-refractivity contribution in [3.63, 3.8) is 0 Å². The van der Waals surface area contributed by atoms with Gasteiger partial charge in [0.2, 0.25) is 5.95 Å². The molecule has 0 amide bonds. The molecule has 5 heteroatoms. The Hall–Kier alpha value is -1.62. The molecule has 0 aromatic carbocycles. The summed E-state index contributed by atoms with van der Waals surface area (Å²) in [6, 6.07) is 4.47. The van der Waals surface area contributed by atoms with Gasteiger partial charge in [0, 0.05) is 18.8 Å². The number of hydrogen-bond acceptors (Lipinski definition) is 4. The molecule has 5 nitrogen and oxygen atoms in total. The summed E-state index contributed by atoms with van der Waals surface area (Å²) in [5.41, 5.74) is 1.94. The van der Waals surface area contributed by atoms with Crippen LogP contribution >= 0.6 is 0 Å². The molecule has 18 heavy (non-hydrogen) atoms. The van der Waals surface area contributed by atoms with Crippen LogP contribution < -0.4 is 10.6 Å². The molecule has 0 unspecified atom stereocenters. The van der Waals surface area contributed by atoms with Crippen molar-refractivity contribution in [2.75, 3.05) is 18.4 Å². The molecule has 1 fully saturated rings. The maximum absolute atomic E-state index is 4.65. The molecule has 1 aliphatic rings. The van der Waals surface area contributed by atoms with Gasteiger partial charge in [-0.05, 0) is 45.0 Å². The molecule has 2 N–H and O–H groups in total. The highest BCUT2D eigenvalue weighted by molar-refractivity contribution is 5.74. The Labute approximate surface area is 107 Å². The fourth-order valence-corrected chi connectivity index (χ4v) is 2.52. The number of nitrogens with zero attached hydrogens (tertiary/aromatic N) is 3. The number of nitrogens with one attached hydrogen (secondary N) is 2. The summed E-state index contributed by atoms with van der Waals surface area (Å²) in [5, 5.41) is 6.94. The Morgan fingerprint density at radius 1 is 1.44 bits per heavy atom. The minimum absolute atomic E-state index is 0.522. The molecule has 96 valence electrons. The van der Waals surface area contributed by atoms with Crippen molar-refractivity contribution in [2.24, 2.45) is 0 Å². The van der Waals surface area contributed by atoms with E-state index in [0.29, 0.717) is 6.04 Å². The molecular formula is C13H19N5. The standard InChI is InChI=1S/C13H19N5/c1-2-18-12-11(4-3-7-15-12)17-13(18)16-10-5-8-14-9-6-10/h3-4,7,10,14H,2,5-6,8-9H2,1H3,(H,16,17). The van der Waals surface area contributed by atoms with Crippen molar-refractivity contribution in [3.05, 3.63) is 18.3 Å². The van der Waals surface area contributed by atoms with Gasteiger partial charge in [-0.2, -0.15) is 0 Å². The van der Waals surface area contributed by atoms with Crippen molar-refractivity contribution < 1.29 is 0 Å². The Balaban J connectivity index is 1.90. The van der Waals surface area contributed by atoms with Crippen LogP contribution in [0.4, 0.5) is 5.95 Å². The zero-order valence-electron chi connectivity index (χ0n) is 10.7. The third-order valence-electron chi connectivity index (χ3n) is 3.49. The summed E-state index contributed by atoms with van der Waals surface area (Å²) in [6.07, 6.45) is 4.13. The number of anilines is 1. The summed E-state index contributed by atoms with van der Waals surface area (Å²) < 4.78 is 2.15. The van der Waals surface area contributed by atoms with Gasteiger partial charge in [-0.25, -0.2) is 9.97 Å². The quantitative estimate of drug-likeness (QED) is 0.862. The molecule has 2 aromatic rings. The van der Waals surface area contributed by atoms with Crippen molar-refractivity contribution >= 4 is 17.1 Å². The van der Waals surface area contributed by atoms with E-state index in [2.05, 4.69) is 32.1 Å². The second kappa shape index (κ2) is 4.94. The van der Waals surface area contributed by atoms with Crippen molar-refractivity contribution in [1.29, 1.82) is 0 Å². The van der Waals surface area contributed by atoms with E-state index in [1.54, 1.807) is 0 Å². The number of hydrogen-bond donors (Lipinski definition) is 2. The fourth-order valence-electron chi connectivity index (χ4n) is 2.52. The van der Waals surface area contributed by atoms with E-state index in [-0.39, 0.29) is 0 Å². The van der Waals surface area contributed by atoms with Crippen LogP contribution in [0.5, 0.6) is 0 Å². The Kier molecular flexibility index (Phi) is 3.15. The molecule has 0 radical (unpaired) electrons. The zero-order chi connectivity index (χ0) is 12.4. The first-order valence-electron chi connectivity index (χ1n) is 6.67. The average Bonchev–Trinajstić information content (AvgIpc) is 2.77. The molecule has 2 aromatic heterocycles. The van der Waals surface area contributed by atoms with E-state index in [1.165, 1.54) is 0 Å². The SMILES string of the molecule is CCn1c(NC2CCNCC2)nc2cccnc21. The zero-order valence-corrected chi connectivity index (χ0v) is 10.7. The Morgan fingerprint density at radius 3 is 3.06 bits per heavy atom. The van der Waals surface area contributed by atoms with E-state index in [9.17, 15) is 0 Å². The van der Waals surface area contributed by atoms with Crippen LogP contribution in [0.25, 0.3) is 11.2 Å². The fraction of sp³-hybridized carbons (Fsp3) is 0.538. The van der Waals surface area contributed by atoms with E-state index in [0.717, 1.165) is 49.6 Å². The largest absolute Gasteiger partial charge is 0.353 e. The number of fused-ring (bicyclic) bond motifs is 1. The van der Waals surface area contributed by atoms with Crippen LogP contribution in [0.3, 0.4) is 0 Å². The van der Waals surface area contributed by atoms with Crippen LogP contribution in [0.15, 0.2) is 18.3 Å². The lowest BCUT2D eigenvalue weighted by Crippen LogP contribution is -2.36. The van der Waals surface area contributed by atoms with Gasteiger partial charge in [0.05, 0.1) is 0 Å². The number of imidazole rings is 1. The minimum Gasteiger partial charge on any atom is -0.353 e. The number of rotatable bonds is 3. The highest BCUT2D eigenvalue weighted by Gasteiger charge is 2.16. The van der Waals surface area contributed by atoms with E-state index in [1.807, 2.05) is 18.3 Å². The van der Waals surface area contributed by atoms with Crippen molar-refractivity contribution in [2.45, 2.75) is 32.4 Å². The van der Waals surface area contributed by atoms with Gasteiger partial charge in [-0.3, -0.25) is 4.57 Å². The van der Waals surface area contributed by atoms with Crippen LogP contribution in [0.2, 0.25) is 0 Å². The average molecular weight is 245 g/mol. The number of aryl methyl sites for hydroxylation is 1. The molecule has 0 bridgehead atoms. The highest BCUT2D eigenvalue weighted by atomic mass is 15.2. The van der Waals surface area contributed by atoms with Gasteiger partial charge in [0.25, 0.3) is 0 Å². The van der Waals surface area contributed by atoms with E-state index < -0.39 is 0 Å². The first-order chi connectivity index (χ1) is 8.88. The second-order valence-corrected chi connectivity index (χ2v) is 4.69. The number of aromatic nitrogens is 3. The number of pyridine rings is 1. The Bertz CT molecular complexity index is 527. The van der Waals surface area contributed by atoms with E-state index in [4.69, 9.17) is 0 Å². The molecule has 1 aliphatic heterocycles. The van der Waals surface area contributed by atoms with Gasteiger partial charge in [0.15, 0.2) is 5.65 Å². The number of piperidine rings is 1. The third kappa shape index (κ3) is 2.06.